The molecule has 1 atom stereocenters. The van der Waals surface area contributed by atoms with Gasteiger partial charge in [-0.15, -0.1) is 0 Å². The molecule has 3 rings (SSSR count). The lowest BCUT2D eigenvalue weighted by Gasteiger charge is -2.34. The second-order valence-corrected chi connectivity index (χ2v) is 13.8. The Morgan fingerprint density at radius 2 is 1.50 bits per heavy atom. The van der Waals surface area contributed by atoms with Gasteiger partial charge in [-0.1, -0.05) is 48.5 Å². The van der Waals surface area contributed by atoms with E-state index in [-0.39, 0.29) is 44.2 Å². The fourth-order valence-corrected chi connectivity index (χ4v) is 5.84. The SMILES string of the molecule is Cc1cc(C)cc(N(CCCC(=O)N(Cc2ccc(F)cc2)[C@@H](Cc2ccccc2)C(=O)NC(C)(C)C)S(C)(=O)=O)c1. The van der Waals surface area contributed by atoms with Gasteiger partial charge in [-0.2, -0.15) is 0 Å². The fourth-order valence-electron chi connectivity index (χ4n) is 4.89. The molecule has 1 N–H and O–H groups in total. The van der Waals surface area contributed by atoms with Crippen LogP contribution in [0.15, 0.2) is 72.8 Å². The number of anilines is 1. The van der Waals surface area contributed by atoms with E-state index in [0.29, 0.717) is 11.3 Å². The maximum atomic E-state index is 13.9. The van der Waals surface area contributed by atoms with E-state index in [2.05, 4.69) is 5.32 Å². The molecular weight excluding hydrogens is 553 g/mol. The summed E-state index contributed by atoms with van der Waals surface area (Å²) in [6, 6.07) is 20.1. The number of hydrogen-bond acceptors (Lipinski definition) is 4. The summed E-state index contributed by atoms with van der Waals surface area (Å²) < 4.78 is 40.4. The molecule has 0 saturated heterocycles. The number of benzene rings is 3. The van der Waals surface area contributed by atoms with Crippen LogP contribution in [0, 0.1) is 19.7 Å². The molecule has 0 bridgehead atoms. The standard InChI is InChI=1S/C33H42FN3O4S/c1-24-19-25(2)21-29(20-24)37(42(6,40)41)18-10-13-31(38)36(23-27-14-16-28(34)17-15-27)30(32(39)35-33(3,4)5)22-26-11-8-7-9-12-26/h7-9,11-12,14-17,19-21,30H,10,13,18,22-23H2,1-6H3,(H,35,39)/t30-/m0/s1. The Kier molecular flexibility index (Phi) is 10.9. The Hall–Kier alpha value is -3.72. The van der Waals surface area contributed by atoms with E-state index in [9.17, 15) is 22.4 Å². The third kappa shape index (κ3) is 9.98. The topological polar surface area (TPSA) is 86.8 Å². The quantitative estimate of drug-likeness (QED) is 0.298. The Balaban J connectivity index is 1.91. The normalized spacial score (nSPS) is 12.5. The summed E-state index contributed by atoms with van der Waals surface area (Å²) in [4.78, 5) is 29.1. The lowest BCUT2D eigenvalue weighted by atomic mass is 10.00. The number of aryl methyl sites for hydroxylation is 2. The van der Waals surface area contributed by atoms with Crippen molar-refractivity contribution in [3.63, 3.8) is 0 Å². The summed E-state index contributed by atoms with van der Waals surface area (Å²) >= 11 is 0. The van der Waals surface area contributed by atoms with Crippen molar-refractivity contribution in [1.82, 2.24) is 10.2 Å². The summed E-state index contributed by atoms with van der Waals surface area (Å²) in [7, 11) is -3.60. The van der Waals surface area contributed by atoms with E-state index in [1.165, 1.54) is 21.3 Å². The number of nitrogens with zero attached hydrogens (tertiary/aromatic N) is 2. The van der Waals surface area contributed by atoms with Gasteiger partial charge in [0.05, 0.1) is 11.9 Å². The lowest BCUT2D eigenvalue weighted by Crippen LogP contribution is -2.54. The molecule has 226 valence electrons. The number of carbonyl (C=O) groups excluding carboxylic acids is 2. The van der Waals surface area contributed by atoms with Gasteiger partial charge in [-0.25, -0.2) is 12.8 Å². The Morgan fingerprint density at radius 3 is 2.05 bits per heavy atom. The number of halogens is 1. The molecule has 0 heterocycles. The maximum absolute atomic E-state index is 13.9. The van der Waals surface area contributed by atoms with Gasteiger partial charge in [0, 0.05) is 31.5 Å². The average molecular weight is 596 g/mol. The van der Waals surface area contributed by atoms with E-state index >= 15 is 0 Å². The highest BCUT2D eigenvalue weighted by Crippen LogP contribution is 2.23. The minimum Gasteiger partial charge on any atom is -0.350 e. The van der Waals surface area contributed by atoms with Crippen molar-refractivity contribution in [2.24, 2.45) is 0 Å². The van der Waals surface area contributed by atoms with Crippen molar-refractivity contribution in [2.45, 2.75) is 72.0 Å². The molecule has 0 aliphatic heterocycles. The van der Waals surface area contributed by atoms with E-state index in [1.54, 1.807) is 12.1 Å². The van der Waals surface area contributed by atoms with Gasteiger partial charge >= 0.3 is 0 Å². The zero-order valence-corrected chi connectivity index (χ0v) is 26.2. The fraction of sp³-hybridized carbons (Fsp3) is 0.394. The molecule has 0 fully saturated rings. The van der Waals surface area contributed by atoms with Gasteiger partial charge in [0.25, 0.3) is 0 Å². The van der Waals surface area contributed by atoms with E-state index in [1.807, 2.05) is 83.1 Å². The van der Waals surface area contributed by atoms with Crippen LogP contribution in [0.2, 0.25) is 0 Å². The highest BCUT2D eigenvalue weighted by atomic mass is 32.2. The predicted octanol–water partition coefficient (Wildman–Crippen LogP) is 5.54. The second kappa shape index (κ2) is 14.0. The molecule has 7 nitrogen and oxygen atoms in total. The van der Waals surface area contributed by atoms with Crippen LogP contribution in [0.4, 0.5) is 10.1 Å². The minimum atomic E-state index is -3.60. The summed E-state index contributed by atoms with van der Waals surface area (Å²) in [5, 5.41) is 3.02. The summed E-state index contributed by atoms with van der Waals surface area (Å²) in [5.41, 5.74) is 3.47. The molecule has 0 unspecified atom stereocenters. The molecule has 0 aliphatic rings. The summed E-state index contributed by atoms with van der Waals surface area (Å²) in [6.45, 7) is 9.65. The van der Waals surface area contributed by atoms with Gasteiger partial charge < -0.3 is 10.2 Å². The van der Waals surface area contributed by atoms with Crippen LogP contribution in [0.5, 0.6) is 0 Å². The zero-order valence-electron chi connectivity index (χ0n) is 25.4. The van der Waals surface area contributed by atoms with E-state index < -0.39 is 27.4 Å². The number of sulfonamides is 1. The van der Waals surface area contributed by atoms with Crippen molar-refractivity contribution >= 4 is 27.5 Å². The molecule has 3 aromatic rings. The molecule has 0 saturated carbocycles. The monoisotopic (exact) mass is 595 g/mol. The van der Waals surface area contributed by atoms with Crippen LogP contribution < -0.4 is 9.62 Å². The third-order valence-corrected chi connectivity index (χ3v) is 7.88. The minimum absolute atomic E-state index is 0.0199. The number of amides is 2. The second-order valence-electron chi connectivity index (χ2n) is 11.9. The molecule has 0 radical (unpaired) electrons. The van der Waals surface area contributed by atoms with Crippen molar-refractivity contribution in [3.8, 4) is 0 Å². The predicted molar refractivity (Wildman–Crippen MR) is 166 cm³/mol. The molecule has 0 aromatic heterocycles. The van der Waals surface area contributed by atoms with Crippen molar-refractivity contribution in [2.75, 3.05) is 17.1 Å². The molecule has 0 spiro atoms. The number of nitrogens with one attached hydrogen (secondary N) is 1. The van der Waals surface area contributed by atoms with Gasteiger partial charge in [0.2, 0.25) is 21.8 Å². The molecule has 42 heavy (non-hydrogen) atoms. The average Bonchev–Trinajstić information content (AvgIpc) is 2.88. The van der Waals surface area contributed by atoms with Crippen LogP contribution in [0.1, 0.15) is 55.9 Å². The van der Waals surface area contributed by atoms with Crippen LogP contribution in [0.3, 0.4) is 0 Å². The van der Waals surface area contributed by atoms with Gasteiger partial charge in [0.1, 0.15) is 11.9 Å². The first-order chi connectivity index (χ1) is 19.6. The van der Waals surface area contributed by atoms with Crippen molar-refractivity contribution < 1.29 is 22.4 Å². The number of carbonyl (C=O) groups is 2. The Bertz CT molecular complexity index is 1450. The van der Waals surface area contributed by atoms with E-state index in [0.717, 1.165) is 22.9 Å². The van der Waals surface area contributed by atoms with Crippen LogP contribution in [0.25, 0.3) is 0 Å². The highest BCUT2D eigenvalue weighted by molar-refractivity contribution is 7.92. The zero-order chi connectivity index (χ0) is 31.1. The smallest absolute Gasteiger partial charge is 0.243 e. The molecule has 3 aromatic carbocycles. The first kappa shape index (κ1) is 32.8. The van der Waals surface area contributed by atoms with Crippen molar-refractivity contribution in [1.29, 1.82) is 0 Å². The molecular formula is C33H42FN3O4S. The Labute approximate surface area is 249 Å². The molecule has 0 aliphatic carbocycles. The van der Waals surface area contributed by atoms with Crippen molar-refractivity contribution in [3.05, 3.63) is 101 Å². The van der Waals surface area contributed by atoms with Gasteiger partial charge in [0.15, 0.2) is 0 Å². The van der Waals surface area contributed by atoms with Crippen LogP contribution in [-0.4, -0.2) is 49.5 Å². The van der Waals surface area contributed by atoms with Gasteiger partial charge in [-0.3, -0.25) is 13.9 Å². The highest BCUT2D eigenvalue weighted by Gasteiger charge is 2.32. The number of rotatable bonds is 12. The third-order valence-electron chi connectivity index (χ3n) is 6.68. The summed E-state index contributed by atoms with van der Waals surface area (Å²) in [5.74, 6) is -0.983. The lowest BCUT2D eigenvalue weighted by molar-refractivity contribution is -0.142. The molecule has 2 amide bonds. The number of hydrogen-bond donors (Lipinski definition) is 1. The summed E-state index contributed by atoms with van der Waals surface area (Å²) in [6.07, 6.45) is 1.71. The Morgan fingerprint density at radius 1 is 0.905 bits per heavy atom. The molecule has 9 heteroatoms. The maximum Gasteiger partial charge on any atom is 0.243 e. The first-order valence-corrected chi connectivity index (χ1v) is 15.9. The van der Waals surface area contributed by atoms with Crippen LogP contribution in [-0.2, 0) is 32.6 Å². The largest absolute Gasteiger partial charge is 0.350 e. The van der Waals surface area contributed by atoms with E-state index in [4.69, 9.17) is 0 Å². The van der Waals surface area contributed by atoms with Gasteiger partial charge in [-0.05, 0) is 87.6 Å². The first-order valence-electron chi connectivity index (χ1n) is 14.1. The van der Waals surface area contributed by atoms with Crippen LogP contribution >= 0.6 is 0 Å².